The first-order valence-corrected chi connectivity index (χ1v) is 9.58. The Balaban J connectivity index is 1.50. The molecule has 3 aromatic rings. The van der Waals surface area contributed by atoms with Gasteiger partial charge in [-0.1, -0.05) is 30.3 Å². The lowest BCUT2D eigenvalue weighted by Gasteiger charge is -2.26. The highest BCUT2D eigenvalue weighted by Gasteiger charge is 2.17. The van der Waals surface area contributed by atoms with Crippen LogP contribution in [0.25, 0.3) is 21.3 Å². The summed E-state index contributed by atoms with van der Waals surface area (Å²) in [7, 11) is 0. The summed E-state index contributed by atoms with van der Waals surface area (Å²) in [5.74, 6) is 0.935. The molecular formula is C19H20N4O2S. The number of thiophene rings is 1. The van der Waals surface area contributed by atoms with Crippen molar-refractivity contribution in [3.8, 4) is 11.1 Å². The topological polar surface area (TPSA) is 67.4 Å². The number of morpholine rings is 1. The first kappa shape index (κ1) is 16.9. The minimum atomic E-state index is 0.153. The molecule has 3 heterocycles. The smallest absolute Gasteiger partial charge is 0.224 e. The number of nitrogens with one attached hydrogen (secondary N) is 1. The number of benzene rings is 1. The van der Waals surface area contributed by atoms with E-state index in [2.05, 4.69) is 32.8 Å². The minimum absolute atomic E-state index is 0.153. The molecule has 4 rings (SSSR count). The van der Waals surface area contributed by atoms with Crippen molar-refractivity contribution in [3.63, 3.8) is 0 Å². The fraction of sp³-hybridized carbons (Fsp3) is 0.316. The predicted molar refractivity (Wildman–Crippen MR) is 103 cm³/mol. The van der Waals surface area contributed by atoms with Crippen LogP contribution in [-0.4, -0.2) is 53.6 Å². The molecule has 1 fully saturated rings. The Morgan fingerprint density at radius 2 is 2.00 bits per heavy atom. The van der Waals surface area contributed by atoms with Crippen molar-refractivity contribution >= 4 is 33.3 Å². The standard InChI is InChI=1S/C19H20N4O2S/c24-16(23-8-10-25-11-9-23)6-7-20-18-17-15(14-4-2-1-3-5-14)12-26-19(17)22-13-21-18/h1-5,12-13H,6-11H2,(H,20,21,22). The van der Waals surface area contributed by atoms with Crippen molar-refractivity contribution in [2.45, 2.75) is 6.42 Å². The molecule has 1 aliphatic heterocycles. The zero-order chi connectivity index (χ0) is 17.8. The molecule has 2 aromatic heterocycles. The monoisotopic (exact) mass is 368 g/mol. The van der Waals surface area contributed by atoms with Gasteiger partial charge in [0.05, 0.1) is 18.6 Å². The second-order valence-corrected chi connectivity index (χ2v) is 6.95. The maximum atomic E-state index is 12.3. The van der Waals surface area contributed by atoms with E-state index in [0.717, 1.165) is 27.2 Å². The Morgan fingerprint density at radius 3 is 2.81 bits per heavy atom. The summed E-state index contributed by atoms with van der Waals surface area (Å²) < 4.78 is 5.29. The van der Waals surface area contributed by atoms with E-state index in [0.29, 0.717) is 39.3 Å². The molecule has 1 aromatic carbocycles. The summed E-state index contributed by atoms with van der Waals surface area (Å²) >= 11 is 1.61. The van der Waals surface area contributed by atoms with Crippen molar-refractivity contribution in [2.75, 3.05) is 38.2 Å². The zero-order valence-electron chi connectivity index (χ0n) is 14.4. The Morgan fingerprint density at radius 1 is 1.19 bits per heavy atom. The van der Waals surface area contributed by atoms with E-state index >= 15 is 0 Å². The first-order chi connectivity index (χ1) is 12.8. The van der Waals surface area contributed by atoms with Crippen molar-refractivity contribution in [1.29, 1.82) is 0 Å². The fourth-order valence-electron chi connectivity index (χ4n) is 3.10. The van der Waals surface area contributed by atoms with Gasteiger partial charge in [0.2, 0.25) is 5.91 Å². The van der Waals surface area contributed by atoms with Crippen molar-refractivity contribution in [1.82, 2.24) is 14.9 Å². The zero-order valence-corrected chi connectivity index (χ0v) is 15.2. The van der Waals surface area contributed by atoms with E-state index in [1.165, 1.54) is 0 Å². The fourth-order valence-corrected chi connectivity index (χ4v) is 4.01. The van der Waals surface area contributed by atoms with Crippen LogP contribution < -0.4 is 5.32 Å². The largest absolute Gasteiger partial charge is 0.378 e. The number of hydrogen-bond acceptors (Lipinski definition) is 6. The van der Waals surface area contributed by atoms with Crippen LogP contribution in [0.5, 0.6) is 0 Å². The van der Waals surface area contributed by atoms with Crippen LogP contribution in [-0.2, 0) is 9.53 Å². The summed E-state index contributed by atoms with van der Waals surface area (Å²) in [5.41, 5.74) is 2.26. The minimum Gasteiger partial charge on any atom is -0.378 e. The highest BCUT2D eigenvalue weighted by atomic mass is 32.1. The third-order valence-electron chi connectivity index (χ3n) is 4.45. The molecule has 7 heteroatoms. The molecular weight excluding hydrogens is 348 g/mol. The SMILES string of the molecule is O=C(CCNc1ncnc2scc(-c3ccccc3)c12)N1CCOCC1. The summed E-state index contributed by atoms with van der Waals surface area (Å²) in [4.78, 5) is 23.9. The first-order valence-electron chi connectivity index (χ1n) is 8.70. The van der Waals surface area contributed by atoms with E-state index in [-0.39, 0.29) is 5.91 Å². The number of carbonyl (C=O) groups is 1. The van der Waals surface area contributed by atoms with Crippen LogP contribution in [0.4, 0.5) is 5.82 Å². The summed E-state index contributed by atoms with van der Waals surface area (Å²) in [6.45, 7) is 3.16. The second kappa shape index (κ2) is 7.80. The van der Waals surface area contributed by atoms with Crippen molar-refractivity contribution < 1.29 is 9.53 Å². The van der Waals surface area contributed by atoms with Crippen LogP contribution in [0, 0.1) is 0 Å². The molecule has 0 bridgehead atoms. The summed E-state index contributed by atoms with van der Waals surface area (Å²) in [5, 5.41) is 6.46. The number of anilines is 1. The van der Waals surface area contributed by atoms with Gasteiger partial charge in [0.25, 0.3) is 0 Å². The number of amides is 1. The van der Waals surface area contributed by atoms with Gasteiger partial charge in [0.1, 0.15) is 17.0 Å². The molecule has 0 radical (unpaired) electrons. The molecule has 1 N–H and O–H groups in total. The van der Waals surface area contributed by atoms with Crippen molar-refractivity contribution in [2.24, 2.45) is 0 Å². The predicted octanol–water partition coefficient (Wildman–Crippen LogP) is 3.02. The Bertz CT molecular complexity index is 891. The van der Waals surface area contributed by atoms with E-state index in [1.807, 2.05) is 23.1 Å². The van der Waals surface area contributed by atoms with Gasteiger partial charge in [0, 0.05) is 37.0 Å². The van der Waals surface area contributed by atoms with E-state index in [1.54, 1.807) is 17.7 Å². The molecule has 6 nitrogen and oxygen atoms in total. The molecule has 0 unspecified atom stereocenters. The Hall–Kier alpha value is -2.51. The highest BCUT2D eigenvalue weighted by Crippen LogP contribution is 2.36. The van der Waals surface area contributed by atoms with Gasteiger partial charge >= 0.3 is 0 Å². The lowest BCUT2D eigenvalue weighted by molar-refractivity contribution is -0.134. The van der Waals surface area contributed by atoms with Crippen LogP contribution in [0.15, 0.2) is 42.0 Å². The Labute approximate surface area is 155 Å². The molecule has 26 heavy (non-hydrogen) atoms. The molecule has 0 aliphatic carbocycles. The molecule has 0 saturated carbocycles. The lowest BCUT2D eigenvalue weighted by atomic mass is 10.1. The average Bonchev–Trinajstić information content (AvgIpc) is 3.14. The molecule has 1 aliphatic rings. The van der Waals surface area contributed by atoms with Crippen LogP contribution in [0.2, 0.25) is 0 Å². The van der Waals surface area contributed by atoms with Crippen LogP contribution >= 0.6 is 11.3 Å². The van der Waals surface area contributed by atoms with E-state index in [9.17, 15) is 4.79 Å². The maximum Gasteiger partial charge on any atom is 0.224 e. The normalized spacial score (nSPS) is 14.5. The van der Waals surface area contributed by atoms with Crippen LogP contribution in [0.3, 0.4) is 0 Å². The molecule has 0 atom stereocenters. The number of hydrogen-bond donors (Lipinski definition) is 1. The van der Waals surface area contributed by atoms with Gasteiger partial charge in [-0.05, 0) is 5.56 Å². The quantitative estimate of drug-likeness (QED) is 0.750. The van der Waals surface area contributed by atoms with Gasteiger partial charge in [-0.3, -0.25) is 4.79 Å². The summed E-state index contributed by atoms with van der Waals surface area (Å²) in [6, 6.07) is 10.2. The molecule has 1 saturated heterocycles. The van der Waals surface area contributed by atoms with Gasteiger partial charge in [-0.25, -0.2) is 9.97 Å². The van der Waals surface area contributed by atoms with Crippen molar-refractivity contribution in [3.05, 3.63) is 42.0 Å². The second-order valence-electron chi connectivity index (χ2n) is 6.09. The third kappa shape index (κ3) is 3.54. The molecule has 1 amide bonds. The number of carbonyl (C=O) groups excluding carboxylic acids is 1. The lowest BCUT2D eigenvalue weighted by Crippen LogP contribution is -2.41. The Kier molecular flexibility index (Phi) is 5.08. The van der Waals surface area contributed by atoms with Gasteiger partial charge in [-0.15, -0.1) is 11.3 Å². The highest BCUT2D eigenvalue weighted by molar-refractivity contribution is 7.17. The number of fused-ring (bicyclic) bond motifs is 1. The van der Waals surface area contributed by atoms with Gasteiger partial charge in [0.15, 0.2) is 0 Å². The maximum absolute atomic E-state index is 12.3. The van der Waals surface area contributed by atoms with E-state index in [4.69, 9.17) is 4.74 Å². The number of ether oxygens (including phenoxy) is 1. The third-order valence-corrected chi connectivity index (χ3v) is 5.34. The average molecular weight is 368 g/mol. The number of rotatable bonds is 5. The van der Waals surface area contributed by atoms with Gasteiger partial charge in [-0.2, -0.15) is 0 Å². The summed E-state index contributed by atoms with van der Waals surface area (Å²) in [6.07, 6.45) is 2.01. The van der Waals surface area contributed by atoms with E-state index < -0.39 is 0 Å². The number of nitrogens with zero attached hydrogens (tertiary/aromatic N) is 3. The number of aromatic nitrogens is 2. The molecule has 134 valence electrons. The molecule has 0 spiro atoms. The van der Waals surface area contributed by atoms with Gasteiger partial charge < -0.3 is 15.0 Å². The van der Waals surface area contributed by atoms with Crippen LogP contribution in [0.1, 0.15) is 6.42 Å².